The number of esters is 1. The lowest BCUT2D eigenvalue weighted by Gasteiger charge is -2.10. The molecule has 1 atom stereocenters. The summed E-state index contributed by atoms with van der Waals surface area (Å²) in [6, 6.07) is 0. The maximum absolute atomic E-state index is 11.0. The van der Waals surface area contributed by atoms with Crippen LogP contribution in [0.2, 0.25) is 0 Å². The van der Waals surface area contributed by atoms with Crippen LogP contribution in [0.5, 0.6) is 0 Å². The number of unbranched alkanes of at least 4 members (excludes halogenated alkanes) is 12. The number of alkyl halides is 1. The molecule has 0 fully saturated rings. The van der Waals surface area contributed by atoms with Crippen molar-refractivity contribution in [2.24, 2.45) is 0 Å². The van der Waals surface area contributed by atoms with Gasteiger partial charge in [-0.15, -0.1) is 0 Å². The fraction of sp³-hybridized carbons (Fsp3) is 0.947. The molecule has 0 aromatic heterocycles. The second-order valence-electron chi connectivity index (χ2n) is 6.28. The van der Waals surface area contributed by atoms with Gasteiger partial charge in [0, 0.05) is 6.42 Å². The van der Waals surface area contributed by atoms with Crippen molar-refractivity contribution >= 4 is 17.6 Å². The van der Waals surface area contributed by atoms with E-state index in [2.05, 4.69) is 6.92 Å². The van der Waals surface area contributed by atoms with Gasteiger partial charge in [0.05, 0.1) is 0 Å². The van der Waals surface area contributed by atoms with E-state index in [9.17, 15) is 4.79 Å². The minimum Gasteiger partial charge on any atom is -0.446 e. The summed E-state index contributed by atoms with van der Waals surface area (Å²) in [5.74, 6) is -0.199. The highest BCUT2D eigenvalue weighted by molar-refractivity contribution is 6.20. The smallest absolute Gasteiger partial charge is 0.306 e. The van der Waals surface area contributed by atoms with Crippen molar-refractivity contribution in [3.63, 3.8) is 0 Å². The standard InChI is InChI=1S/C19H37ClO2/c1-3-5-6-7-8-9-10-11-12-13-14-15-16-17-18(20)22-19(21)4-2/h18H,3-17H2,1-2H3. The second-order valence-corrected chi connectivity index (χ2v) is 6.77. The largest absolute Gasteiger partial charge is 0.446 e. The van der Waals surface area contributed by atoms with E-state index in [4.69, 9.17) is 16.3 Å². The zero-order valence-electron chi connectivity index (χ0n) is 14.9. The monoisotopic (exact) mass is 332 g/mol. The first-order chi connectivity index (χ1) is 10.7. The zero-order chi connectivity index (χ0) is 16.5. The summed E-state index contributed by atoms with van der Waals surface area (Å²) in [7, 11) is 0. The fourth-order valence-electron chi connectivity index (χ4n) is 2.61. The first kappa shape index (κ1) is 21.8. The molecule has 0 spiro atoms. The van der Waals surface area contributed by atoms with Gasteiger partial charge in [-0.3, -0.25) is 4.79 Å². The number of carbonyl (C=O) groups excluding carboxylic acids is 1. The van der Waals surface area contributed by atoms with E-state index in [1.165, 1.54) is 77.0 Å². The molecule has 0 aromatic rings. The molecule has 0 aliphatic carbocycles. The summed E-state index contributed by atoms with van der Waals surface area (Å²) in [5.41, 5.74) is -0.430. The molecule has 132 valence electrons. The van der Waals surface area contributed by atoms with Gasteiger partial charge in [-0.2, -0.15) is 0 Å². The highest BCUT2D eigenvalue weighted by Gasteiger charge is 2.08. The predicted molar refractivity (Wildman–Crippen MR) is 96.3 cm³/mol. The maximum Gasteiger partial charge on any atom is 0.306 e. The van der Waals surface area contributed by atoms with Crippen LogP contribution in [0.3, 0.4) is 0 Å². The molecule has 0 heterocycles. The van der Waals surface area contributed by atoms with Crippen LogP contribution in [0.4, 0.5) is 0 Å². The average molecular weight is 333 g/mol. The van der Waals surface area contributed by atoms with Crippen LogP contribution in [0, 0.1) is 0 Å². The Morgan fingerprint density at radius 3 is 1.59 bits per heavy atom. The van der Waals surface area contributed by atoms with Gasteiger partial charge < -0.3 is 4.74 Å². The molecule has 0 saturated carbocycles. The first-order valence-corrected chi connectivity index (χ1v) is 9.97. The van der Waals surface area contributed by atoms with Gasteiger partial charge in [-0.25, -0.2) is 0 Å². The van der Waals surface area contributed by atoms with Crippen molar-refractivity contribution in [1.29, 1.82) is 0 Å². The molecule has 0 aromatic carbocycles. The highest BCUT2D eigenvalue weighted by atomic mass is 35.5. The van der Waals surface area contributed by atoms with Crippen molar-refractivity contribution in [3.05, 3.63) is 0 Å². The molecule has 0 bridgehead atoms. The van der Waals surface area contributed by atoms with Gasteiger partial charge in [0.1, 0.15) is 0 Å². The maximum atomic E-state index is 11.0. The lowest BCUT2D eigenvalue weighted by atomic mass is 10.0. The van der Waals surface area contributed by atoms with E-state index in [0.29, 0.717) is 6.42 Å². The Balaban J connectivity index is 3.12. The van der Waals surface area contributed by atoms with E-state index < -0.39 is 5.56 Å². The van der Waals surface area contributed by atoms with Gasteiger partial charge >= 0.3 is 5.97 Å². The van der Waals surface area contributed by atoms with Crippen LogP contribution in [0.15, 0.2) is 0 Å². The molecule has 0 radical (unpaired) electrons. The third kappa shape index (κ3) is 16.1. The summed E-state index contributed by atoms with van der Waals surface area (Å²) >= 11 is 5.95. The summed E-state index contributed by atoms with van der Waals surface area (Å²) < 4.78 is 5.03. The van der Waals surface area contributed by atoms with Crippen molar-refractivity contribution in [1.82, 2.24) is 0 Å². The van der Waals surface area contributed by atoms with E-state index in [-0.39, 0.29) is 5.97 Å². The van der Waals surface area contributed by atoms with Gasteiger partial charge in [-0.1, -0.05) is 102 Å². The Morgan fingerprint density at radius 2 is 1.18 bits per heavy atom. The minimum absolute atomic E-state index is 0.199. The third-order valence-corrected chi connectivity index (χ3v) is 4.39. The molecule has 1 unspecified atom stereocenters. The molecule has 0 rings (SSSR count). The third-order valence-electron chi connectivity index (χ3n) is 4.08. The molecule has 0 aliphatic heterocycles. The van der Waals surface area contributed by atoms with E-state index in [0.717, 1.165) is 12.8 Å². The number of ether oxygens (including phenoxy) is 1. The molecule has 2 nitrogen and oxygen atoms in total. The average Bonchev–Trinajstić information content (AvgIpc) is 2.51. The van der Waals surface area contributed by atoms with Crippen molar-refractivity contribution in [3.8, 4) is 0 Å². The lowest BCUT2D eigenvalue weighted by molar-refractivity contribution is -0.145. The number of rotatable bonds is 16. The Labute approximate surface area is 143 Å². The molecule has 0 amide bonds. The van der Waals surface area contributed by atoms with Gasteiger partial charge in [-0.05, 0) is 12.8 Å². The quantitative estimate of drug-likeness (QED) is 0.173. The molecule has 3 heteroatoms. The number of hydrogen-bond acceptors (Lipinski definition) is 2. The molecular formula is C19H37ClO2. The molecule has 22 heavy (non-hydrogen) atoms. The number of carbonyl (C=O) groups is 1. The van der Waals surface area contributed by atoms with Gasteiger partial charge in [0.2, 0.25) is 0 Å². The molecule has 0 aliphatic rings. The van der Waals surface area contributed by atoms with Crippen molar-refractivity contribution in [2.75, 3.05) is 0 Å². The minimum atomic E-state index is -0.430. The summed E-state index contributed by atoms with van der Waals surface area (Å²) in [5, 5.41) is 0. The summed E-state index contributed by atoms with van der Waals surface area (Å²) in [4.78, 5) is 11.0. The summed E-state index contributed by atoms with van der Waals surface area (Å²) in [6.45, 7) is 4.06. The van der Waals surface area contributed by atoms with Crippen molar-refractivity contribution in [2.45, 2.75) is 116 Å². The van der Waals surface area contributed by atoms with Crippen LogP contribution < -0.4 is 0 Å². The predicted octanol–water partition coefficient (Wildman–Crippen LogP) is 6.99. The Hall–Kier alpha value is -0.240. The van der Waals surface area contributed by atoms with E-state index >= 15 is 0 Å². The SMILES string of the molecule is CCCCCCCCCCCCCCCC(Cl)OC(=O)CC. The van der Waals surface area contributed by atoms with E-state index in [1.807, 2.05) is 0 Å². The fourth-order valence-corrected chi connectivity index (χ4v) is 2.86. The molecule has 0 saturated heterocycles. The van der Waals surface area contributed by atoms with Gasteiger partial charge in [0.15, 0.2) is 5.56 Å². The van der Waals surface area contributed by atoms with Crippen LogP contribution >= 0.6 is 11.6 Å². The normalized spacial score (nSPS) is 12.3. The van der Waals surface area contributed by atoms with Crippen LogP contribution in [-0.4, -0.2) is 11.5 Å². The Morgan fingerprint density at radius 1 is 0.773 bits per heavy atom. The van der Waals surface area contributed by atoms with Gasteiger partial charge in [0.25, 0.3) is 0 Å². The summed E-state index contributed by atoms with van der Waals surface area (Å²) in [6.07, 6.45) is 18.6. The van der Waals surface area contributed by atoms with Crippen LogP contribution in [0.1, 0.15) is 110 Å². The second kappa shape index (κ2) is 17.1. The molecule has 0 N–H and O–H groups in total. The van der Waals surface area contributed by atoms with E-state index in [1.54, 1.807) is 6.92 Å². The van der Waals surface area contributed by atoms with Crippen molar-refractivity contribution < 1.29 is 9.53 Å². The highest BCUT2D eigenvalue weighted by Crippen LogP contribution is 2.15. The number of halogens is 1. The Bertz CT molecular complexity index is 244. The topological polar surface area (TPSA) is 26.3 Å². The van der Waals surface area contributed by atoms with Crippen LogP contribution in [-0.2, 0) is 9.53 Å². The van der Waals surface area contributed by atoms with Crippen LogP contribution in [0.25, 0.3) is 0 Å². The zero-order valence-corrected chi connectivity index (χ0v) is 15.6. The number of hydrogen-bond donors (Lipinski definition) is 0. The first-order valence-electron chi connectivity index (χ1n) is 9.54. The lowest BCUT2D eigenvalue weighted by Crippen LogP contribution is -2.11. The molecular weight excluding hydrogens is 296 g/mol. The Kier molecular flexibility index (Phi) is 16.9.